The number of anilines is 2. The van der Waals surface area contributed by atoms with Gasteiger partial charge < -0.3 is 9.64 Å². The van der Waals surface area contributed by atoms with Crippen molar-refractivity contribution in [1.29, 1.82) is 0 Å². The van der Waals surface area contributed by atoms with E-state index in [1.165, 1.54) is 15.9 Å². The number of carbonyl (C=O) groups is 4. The number of carbonyl (C=O) groups excluding carboxylic acids is 4. The molecule has 0 radical (unpaired) electrons. The third-order valence-electron chi connectivity index (χ3n) is 6.75. The van der Waals surface area contributed by atoms with Gasteiger partial charge in [-0.25, -0.2) is 4.90 Å². The van der Waals surface area contributed by atoms with Crippen LogP contribution in [0.4, 0.5) is 11.4 Å². The predicted molar refractivity (Wildman–Crippen MR) is 126 cm³/mol. The molecule has 2 fully saturated rings. The van der Waals surface area contributed by atoms with E-state index in [9.17, 15) is 19.2 Å². The van der Waals surface area contributed by atoms with Crippen LogP contribution in [0.3, 0.4) is 0 Å². The number of allylic oxidation sites excluding steroid dienone is 2. The van der Waals surface area contributed by atoms with Gasteiger partial charge in [0.05, 0.1) is 23.4 Å². The molecule has 3 aliphatic rings. The van der Waals surface area contributed by atoms with Crippen molar-refractivity contribution in [1.82, 2.24) is 0 Å². The van der Waals surface area contributed by atoms with Gasteiger partial charge in [0.15, 0.2) is 0 Å². The number of halogens is 1. The molecule has 0 bridgehead atoms. The molecule has 4 atom stereocenters. The number of hydrogen-bond acceptors (Lipinski definition) is 5. The first-order valence-corrected chi connectivity index (χ1v) is 11.6. The van der Waals surface area contributed by atoms with Crippen LogP contribution in [0.15, 0.2) is 60.7 Å². The van der Waals surface area contributed by atoms with Gasteiger partial charge in [-0.15, -0.1) is 0 Å². The number of amides is 3. The molecule has 7 nitrogen and oxygen atoms in total. The molecule has 0 unspecified atom stereocenters. The van der Waals surface area contributed by atoms with Gasteiger partial charge in [-0.1, -0.05) is 42.8 Å². The van der Waals surface area contributed by atoms with Gasteiger partial charge in [0, 0.05) is 29.7 Å². The lowest BCUT2D eigenvalue weighted by Gasteiger charge is -2.22. The highest BCUT2D eigenvalue weighted by Crippen LogP contribution is 2.41. The molecule has 2 aromatic rings. The van der Waals surface area contributed by atoms with Gasteiger partial charge in [0.1, 0.15) is 5.75 Å². The van der Waals surface area contributed by atoms with Crippen molar-refractivity contribution in [3.05, 3.63) is 65.7 Å². The fraction of sp³-hybridized carbons (Fsp3) is 0.308. The van der Waals surface area contributed by atoms with Gasteiger partial charge in [-0.05, 0) is 42.7 Å². The van der Waals surface area contributed by atoms with Crippen LogP contribution in [0.5, 0.6) is 5.75 Å². The minimum Gasteiger partial charge on any atom is -0.426 e. The summed E-state index contributed by atoms with van der Waals surface area (Å²) >= 11 is 6.03. The highest BCUT2D eigenvalue weighted by atomic mass is 35.5. The Bertz CT molecular complexity index is 1230. The van der Waals surface area contributed by atoms with Crippen LogP contribution < -0.4 is 14.5 Å². The third kappa shape index (κ3) is 3.90. The topological polar surface area (TPSA) is 84.0 Å². The van der Waals surface area contributed by atoms with Crippen LogP contribution in [0, 0.1) is 23.7 Å². The number of ether oxygens (including phenoxy) is 1. The summed E-state index contributed by atoms with van der Waals surface area (Å²) in [7, 11) is 0. The molecule has 5 rings (SSSR count). The number of esters is 1. The van der Waals surface area contributed by atoms with Crippen molar-refractivity contribution >= 4 is 46.7 Å². The van der Waals surface area contributed by atoms with Crippen LogP contribution in [0.2, 0.25) is 5.02 Å². The van der Waals surface area contributed by atoms with E-state index in [-0.39, 0.29) is 54.2 Å². The molecule has 0 spiro atoms. The van der Waals surface area contributed by atoms with Gasteiger partial charge >= 0.3 is 5.97 Å². The quantitative estimate of drug-likeness (QED) is 0.287. The molecular weight excluding hydrogens is 456 g/mol. The fourth-order valence-corrected chi connectivity index (χ4v) is 5.23. The van der Waals surface area contributed by atoms with Crippen molar-refractivity contribution in [2.45, 2.75) is 19.8 Å². The SMILES string of the molecule is C[C@@H]1C=CC[C@@H]2C(=O)N(c3cccc(OC(=O)[C@@H]4CC(=O)N(c5cccc(Cl)c5)C4)c3)C(=O)[C@@H]12. The summed E-state index contributed by atoms with van der Waals surface area (Å²) < 4.78 is 5.56. The molecule has 34 heavy (non-hydrogen) atoms. The normalized spacial score (nSPS) is 26.2. The van der Waals surface area contributed by atoms with Crippen molar-refractivity contribution in [3.8, 4) is 5.75 Å². The first-order valence-electron chi connectivity index (χ1n) is 11.3. The zero-order valence-corrected chi connectivity index (χ0v) is 19.3. The average molecular weight is 479 g/mol. The lowest BCUT2D eigenvalue weighted by molar-refractivity contribution is -0.139. The average Bonchev–Trinajstić information content (AvgIpc) is 3.32. The number of fused-ring (bicyclic) bond motifs is 1. The van der Waals surface area contributed by atoms with E-state index in [0.717, 1.165) is 0 Å². The van der Waals surface area contributed by atoms with E-state index in [1.807, 2.05) is 19.1 Å². The second kappa shape index (κ2) is 8.72. The number of rotatable bonds is 4. The smallest absolute Gasteiger partial charge is 0.316 e. The zero-order valence-electron chi connectivity index (χ0n) is 18.5. The van der Waals surface area contributed by atoms with Crippen LogP contribution in [0.1, 0.15) is 19.8 Å². The summed E-state index contributed by atoms with van der Waals surface area (Å²) in [6, 6.07) is 13.3. The summed E-state index contributed by atoms with van der Waals surface area (Å²) in [5, 5.41) is 0.504. The second-order valence-corrected chi connectivity index (χ2v) is 9.41. The van der Waals surface area contributed by atoms with Gasteiger partial charge in [-0.3, -0.25) is 19.2 Å². The monoisotopic (exact) mass is 478 g/mol. The number of imide groups is 1. The van der Waals surface area contributed by atoms with E-state index in [4.69, 9.17) is 16.3 Å². The maximum atomic E-state index is 13.0. The van der Waals surface area contributed by atoms with Crippen LogP contribution >= 0.6 is 11.6 Å². The Kier molecular flexibility index (Phi) is 5.73. The lowest BCUT2D eigenvalue weighted by Crippen LogP contribution is -2.31. The summed E-state index contributed by atoms with van der Waals surface area (Å²) in [5.74, 6) is -2.34. The Labute approximate surface area is 201 Å². The molecule has 8 heteroatoms. The van der Waals surface area contributed by atoms with Crippen molar-refractivity contribution < 1.29 is 23.9 Å². The predicted octanol–water partition coefficient (Wildman–Crippen LogP) is 4.00. The third-order valence-corrected chi connectivity index (χ3v) is 6.98. The molecule has 0 saturated carbocycles. The fourth-order valence-electron chi connectivity index (χ4n) is 5.05. The second-order valence-electron chi connectivity index (χ2n) is 8.97. The molecule has 2 saturated heterocycles. The Hall–Kier alpha value is -3.45. The molecule has 2 heterocycles. The molecule has 174 valence electrons. The van der Waals surface area contributed by atoms with Crippen molar-refractivity contribution in [3.63, 3.8) is 0 Å². The molecule has 0 N–H and O–H groups in total. The van der Waals surface area contributed by atoms with E-state index < -0.39 is 11.9 Å². The maximum Gasteiger partial charge on any atom is 0.316 e. The van der Waals surface area contributed by atoms with E-state index in [1.54, 1.807) is 42.5 Å². The van der Waals surface area contributed by atoms with Gasteiger partial charge in [0.2, 0.25) is 17.7 Å². The Balaban J connectivity index is 1.30. The maximum absolute atomic E-state index is 13.0. The zero-order chi connectivity index (χ0) is 24.0. The highest BCUT2D eigenvalue weighted by Gasteiger charge is 2.50. The summed E-state index contributed by atoms with van der Waals surface area (Å²) in [6.45, 7) is 2.13. The van der Waals surface area contributed by atoms with Crippen LogP contribution in [-0.4, -0.2) is 30.2 Å². The van der Waals surface area contributed by atoms with Gasteiger partial charge in [-0.2, -0.15) is 0 Å². The summed E-state index contributed by atoms with van der Waals surface area (Å²) in [5.41, 5.74) is 1.01. The van der Waals surface area contributed by atoms with E-state index in [2.05, 4.69) is 0 Å². The molecule has 3 amide bonds. The first-order chi connectivity index (χ1) is 16.3. The van der Waals surface area contributed by atoms with Crippen LogP contribution in [0.25, 0.3) is 0 Å². The van der Waals surface area contributed by atoms with Crippen molar-refractivity contribution in [2.24, 2.45) is 23.7 Å². The Morgan fingerprint density at radius 2 is 1.79 bits per heavy atom. The highest BCUT2D eigenvalue weighted by molar-refractivity contribution is 6.31. The van der Waals surface area contributed by atoms with E-state index >= 15 is 0 Å². The van der Waals surface area contributed by atoms with Crippen molar-refractivity contribution in [2.75, 3.05) is 16.3 Å². The number of nitrogens with zero attached hydrogens (tertiary/aromatic N) is 2. The lowest BCUT2D eigenvalue weighted by atomic mass is 9.78. The summed E-state index contributed by atoms with van der Waals surface area (Å²) in [4.78, 5) is 54.1. The minimum atomic E-state index is -0.639. The Morgan fingerprint density at radius 3 is 2.56 bits per heavy atom. The molecule has 2 aromatic carbocycles. The first kappa shape index (κ1) is 22.3. The molecule has 0 aromatic heterocycles. The largest absolute Gasteiger partial charge is 0.426 e. The molecule has 1 aliphatic carbocycles. The Morgan fingerprint density at radius 1 is 1.03 bits per heavy atom. The minimum absolute atomic E-state index is 0.0106. The molecular formula is C26H23ClN2O5. The standard InChI is InChI=1S/C26H23ClN2O5/c1-15-5-2-10-21-23(15)25(32)29(24(21)31)19-8-4-9-20(13-19)34-26(33)16-11-22(30)28(14-16)18-7-3-6-17(27)12-18/h2-9,12-13,15-16,21,23H,10-11,14H2,1H3/t15-,16-,21+,23+/m1/s1. The van der Waals surface area contributed by atoms with Gasteiger partial charge in [0.25, 0.3) is 0 Å². The number of hydrogen-bond donors (Lipinski definition) is 0. The summed E-state index contributed by atoms with van der Waals surface area (Å²) in [6.07, 6.45) is 4.50. The van der Waals surface area contributed by atoms with E-state index in [0.29, 0.717) is 22.8 Å². The van der Waals surface area contributed by atoms with Crippen LogP contribution in [-0.2, 0) is 19.2 Å². The number of benzene rings is 2. The molecule has 2 aliphatic heterocycles.